The van der Waals surface area contributed by atoms with Crippen molar-refractivity contribution in [2.45, 2.75) is 39.7 Å². The van der Waals surface area contributed by atoms with E-state index in [0.717, 1.165) is 18.7 Å². The lowest BCUT2D eigenvalue weighted by Gasteiger charge is -2.23. The lowest BCUT2D eigenvalue weighted by Crippen LogP contribution is -2.23. The van der Waals surface area contributed by atoms with E-state index in [4.69, 9.17) is 5.11 Å². The summed E-state index contributed by atoms with van der Waals surface area (Å²) >= 11 is 0. The molecule has 0 amide bonds. The van der Waals surface area contributed by atoms with Crippen molar-refractivity contribution in [2.24, 2.45) is 5.41 Å². The van der Waals surface area contributed by atoms with Crippen molar-refractivity contribution < 1.29 is 9.90 Å². The molecule has 0 saturated heterocycles. The smallest absolute Gasteiger partial charge is 0.303 e. The molecule has 0 aliphatic rings. The summed E-state index contributed by atoms with van der Waals surface area (Å²) in [5.74, 6) is -0.0238. The number of aromatic nitrogens is 3. The summed E-state index contributed by atoms with van der Waals surface area (Å²) in [6, 6.07) is 1.87. The highest BCUT2D eigenvalue weighted by molar-refractivity contribution is 5.66. The Bertz CT molecular complexity index is 573. The lowest BCUT2D eigenvalue weighted by molar-refractivity contribution is -0.137. The minimum Gasteiger partial charge on any atom is -0.481 e. The molecule has 0 radical (unpaired) electrons. The van der Waals surface area contributed by atoms with Gasteiger partial charge in [0.2, 0.25) is 5.78 Å². The molecule has 0 spiro atoms. The minimum atomic E-state index is -0.728. The quantitative estimate of drug-likeness (QED) is 0.728. The standard InChI is InChI=1S/C15H22N4O2/c1-15(2,5-4-13(20)21)6-8-16-10-12-11-19-9-3-7-17-14(19)18-12/h3,7,9,11,16H,4-6,8,10H2,1-2H3,(H,20,21). The Morgan fingerprint density at radius 1 is 1.43 bits per heavy atom. The molecular formula is C15H22N4O2. The van der Waals surface area contributed by atoms with E-state index in [9.17, 15) is 4.79 Å². The fourth-order valence-corrected chi connectivity index (χ4v) is 2.18. The van der Waals surface area contributed by atoms with Gasteiger partial charge in [0.1, 0.15) is 0 Å². The average Bonchev–Trinajstić information content (AvgIpc) is 2.84. The molecule has 2 aromatic heterocycles. The van der Waals surface area contributed by atoms with Gasteiger partial charge in [0.15, 0.2) is 0 Å². The molecule has 2 heterocycles. The second-order valence-electron chi connectivity index (χ2n) is 6.04. The number of carboxylic acid groups (broad SMARTS) is 1. The van der Waals surface area contributed by atoms with Gasteiger partial charge in [-0.25, -0.2) is 9.97 Å². The van der Waals surface area contributed by atoms with E-state index in [1.54, 1.807) is 6.20 Å². The molecule has 0 atom stereocenters. The summed E-state index contributed by atoms with van der Waals surface area (Å²) in [6.07, 6.45) is 7.47. The number of rotatable bonds is 8. The molecule has 0 bridgehead atoms. The van der Waals surface area contributed by atoms with E-state index >= 15 is 0 Å². The second kappa shape index (κ2) is 6.67. The van der Waals surface area contributed by atoms with Gasteiger partial charge in [-0.3, -0.25) is 9.20 Å². The predicted molar refractivity (Wildman–Crippen MR) is 80.0 cm³/mol. The third-order valence-electron chi connectivity index (χ3n) is 3.59. The highest BCUT2D eigenvalue weighted by Gasteiger charge is 2.18. The van der Waals surface area contributed by atoms with Gasteiger partial charge >= 0.3 is 5.97 Å². The molecule has 0 saturated carbocycles. The van der Waals surface area contributed by atoms with E-state index in [1.165, 1.54) is 0 Å². The zero-order valence-corrected chi connectivity index (χ0v) is 12.5. The number of aliphatic carboxylic acids is 1. The third kappa shape index (κ3) is 4.82. The Morgan fingerprint density at radius 3 is 2.95 bits per heavy atom. The Morgan fingerprint density at radius 2 is 2.24 bits per heavy atom. The number of carboxylic acids is 1. The molecule has 0 aliphatic carbocycles. The van der Waals surface area contributed by atoms with Crippen LogP contribution in [-0.2, 0) is 11.3 Å². The van der Waals surface area contributed by atoms with E-state index in [0.29, 0.717) is 18.7 Å². The molecule has 0 fully saturated rings. The Labute approximate surface area is 124 Å². The first-order valence-electron chi connectivity index (χ1n) is 7.17. The Kier molecular flexibility index (Phi) is 4.90. The highest BCUT2D eigenvalue weighted by atomic mass is 16.4. The Hall–Kier alpha value is -1.95. The first kappa shape index (κ1) is 15.4. The molecule has 2 rings (SSSR count). The van der Waals surface area contributed by atoms with E-state index in [1.807, 2.05) is 22.9 Å². The fraction of sp³-hybridized carbons (Fsp3) is 0.533. The molecule has 21 heavy (non-hydrogen) atoms. The van der Waals surface area contributed by atoms with E-state index < -0.39 is 5.97 Å². The number of imidazole rings is 1. The van der Waals surface area contributed by atoms with Crippen molar-refractivity contribution >= 4 is 11.7 Å². The number of nitrogens with one attached hydrogen (secondary N) is 1. The summed E-state index contributed by atoms with van der Waals surface area (Å²) in [6.45, 7) is 5.74. The molecule has 2 aromatic rings. The molecule has 0 aliphatic heterocycles. The normalized spacial score (nSPS) is 11.9. The van der Waals surface area contributed by atoms with E-state index in [-0.39, 0.29) is 11.8 Å². The van der Waals surface area contributed by atoms with Crippen LogP contribution < -0.4 is 5.32 Å². The monoisotopic (exact) mass is 290 g/mol. The predicted octanol–water partition coefficient (Wildman–Crippen LogP) is 2.10. The van der Waals surface area contributed by atoms with Crippen LogP contribution in [0.1, 0.15) is 38.8 Å². The molecular weight excluding hydrogens is 268 g/mol. The topological polar surface area (TPSA) is 79.5 Å². The molecule has 2 N–H and O–H groups in total. The largest absolute Gasteiger partial charge is 0.481 e. The van der Waals surface area contributed by atoms with Gasteiger partial charge < -0.3 is 10.4 Å². The minimum absolute atomic E-state index is 0.0336. The van der Waals surface area contributed by atoms with Crippen molar-refractivity contribution in [1.29, 1.82) is 0 Å². The van der Waals surface area contributed by atoms with Gasteiger partial charge in [-0.15, -0.1) is 0 Å². The average molecular weight is 290 g/mol. The number of hydrogen-bond acceptors (Lipinski definition) is 4. The maximum Gasteiger partial charge on any atom is 0.303 e. The van der Waals surface area contributed by atoms with Crippen LogP contribution in [0, 0.1) is 5.41 Å². The summed E-state index contributed by atoms with van der Waals surface area (Å²) in [5, 5.41) is 12.1. The Balaban J connectivity index is 1.75. The van der Waals surface area contributed by atoms with Crippen LogP contribution in [0.5, 0.6) is 0 Å². The molecule has 0 aromatic carbocycles. The van der Waals surface area contributed by atoms with Crippen molar-refractivity contribution in [3.63, 3.8) is 0 Å². The van der Waals surface area contributed by atoms with Crippen molar-refractivity contribution in [1.82, 2.24) is 19.7 Å². The van der Waals surface area contributed by atoms with Crippen LogP contribution >= 0.6 is 0 Å². The van der Waals surface area contributed by atoms with Crippen LogP contribution in [0.15, 0.2) is 24.7 Å². The van der Waals surface area contributed by atoms with E-state index in [2.05, 4.69) is 29.1 Å². The van der Waals surface area contributed by atoms with Gasteiger partial charge in [0.05, 0.1) is 5.69 Å². The van der Waals surface area contributed by atoms with Crippen LogP contribution in [0.3, 0.4) is 0 Å². The summed E-state index contributed by atoms with van der Waals surface area (Å²) in [4.78, 5) is 19.2. The number of nitrogens with zero attached hydrogens (tertiary/aromatic N) is 3. The zero-order chi connectivity index (χ0) is 15.3. The lowest BCUT2D eigenvalue weighted by atomic mass is 9.84. The molecule has 6 heteroatoms. The summed E-state index contributed by atoms with van der Waals surface area (Å²) in [7, 11) is 0. The first-order chi connectivity index (χ1) is 9.96. The molecule has 6 nitrogen and oxygen atoms in total. The zero-order valence-electron chi connectivity index (χ0n) is 12.5. The van der Waals surface area contributed by atoms with Gasteiger partial charge in [0, 0.05) is 31.6 Å². The van der Waals surface area contributed by atoms with Crippen molar-refractivity contribution in [3.05, 3.63) is 30.4 Å². The summed E-state index contributed by atoms with van der Waals surface area (Å²) in [5.41, 5.74) is 0.989. The SMILES string of the molecule is CC(C)(CCNCc1cn2cccnc2n1)CCC(=O)O. The van der Waals surface area contributed by atoms with Gasteiger partial charge in [-0.2, -0.15) is 0 Å². The van der Waals surface area contributed by atoms with Gasteiger partial charge in [0.25, 0.3) is 0 Å². The third-order valence-corrected chi connectivity index (χ3v) is 3.59. The van der Waals surface area contributed by atoms with Crippen molar-refractivity contribution in [2.75, 3.05) is 6.54 Å². The highest BCUT2D eigenvalue weighted by Crippen LogP contribution is 2.26. The van der Waals surface area contributed by atoms with Crippen molar-refractivity contribution in [3.8, 4) is 0 Å². The fourth-order valence-electron chi connectivity index (χ4n) is 2.18. The summed E-state index contributed by atoms with van der Waals surface area (Å²) < 4.78 is 1.90. The molecule has 114 valence electrons. The molecule has 0 unspecified atom stereocenters. The number of fused-ring (bicyclic) bond motifs is 1. The van der Waals surface area contributed by atoms with Gasteiger partial charge in [-0.1, -0.05) is 13.8 Å². The first-order valence-corrected chi connectivity index (χ1v) is 7.17. The maximum absolute atomic E-state index is 10.6. The van der Waals surface area contributed by atoms with Crippen LogP contribution in [0.25, 0.3) is 5.78 Å². The van der Waals surface area contributed by atoms with Crippen LogP contribution in [0.4, 0.5) is 0 Å². The van der Waals surface area contributed by atoms with Crippen LogP contribution in [-0.4, -0.2) is 32.0 Å². The van der Waals surface area contributed by atoms with Gasteiger partial charge in [-0.05, 0) is 30.9 Å². The number of hydrogen-bond donors (Lipinski definition) is 2. The number of carbonyl (C=O) groups is 1. The maximum atomic E-state index is 10.6. The van der Waals surface area contributed by atoms with Crippen LogP contribution in [0.2, 0.25) is 0 Å². The second-order valence-corrected chi connectivity index (χ2v) is 6.04.